The van der Waals surface area contributed by atoms with Crippen LogP contribution in [0.5, 0.6) is 0 Å². The number of nitrogens with one attached hydrogen (secondary N) is 1. The summed E-state index contributed by atoms with van der Waals surface area (Å²) in [5.74, 6) is -4.41. The minimum absolute atomic E-state index is 0.0985. The zero-order chi connectivity index (χ0) is 23.8. The molecule has 1 aromatic carbocycles. The van der Waals surface area contributed by atoms with Crippen LogP contribution in [0.4, 0.5) is 33.5 Å². The van der Waals surface area contributed by atoms with Gasteiger partial charge in [-0.25, -0.2) is 31.0 Å². The molecule has 176 valence electrons. The number of anilines is 2. The minimum atomic E-state index is -4.83. The molecule has 0 bridgehead atoms. The van der Waals surface area contributed by atoms with Crippen molar-refractivity contribution >= 4 is 33.1 Å². The second kappa shape index (κ2) is 8.99. The lowest BCUT2D eigenvalue weighted by Crippen LogP contribution is -2.48. The first-order chi connectivity index (χ1) is 14.8. The molecule has 3 rings (SSSR count). The summed E-state index contributed by atoms with van der Waals surface area (Å²) in [6, 6.07) is 4.01. The van der Waals surface area contributed by atoms with E-state index in [1.807, 2.05) is 4.72 Å². The van der Waals surface area contributed by atoms with Crippen LogP contribution in [-0.2, 0) is 10.0 Å². The molecule has 32 heavy (non-hydrogen) atoms. The van der Waals surface area contributed by atoms with E-state index in [-0.39, 0.29) is 18.8 Å². The summed E-state index contributed by atoms with van der Waals surface area (Å²) in [4.78, 5) is 4.93. The number of rotatable bonds is 7. The number of halogens is 6. The minimum Gasteiger partial charge on any atom is -0.368 e. The van der Waals surface area contributed by atoms with Crippen molar-refractivity contribution < 1.29 is 30.4 Å². The van der Waals surface area contributed by atoms with Crippen LogP contribution in [0.1, 0.15) is 13.3 Å². The molecule has 1 aliphatic heterocycles. The topological polar surface area (TPSA) is 65.5 Å². The van der Waals surface area contributed by atoms with E-state index in [4.69, 9.17) is 11.6 Å². The van der Waals surface area contributed by atoms with E-state index < -0.39 is 61.9 Å². The first kappa shape index (κ1) is 24.5. The zero-order valence-electron chi connectivity index (χ0n) is 17.0. The maximum Gasteiger partial charge on any atom is 0.268 e. The van der Waals surface area contributed by atoms with Crippen LogP contribution in [0, 0.1) is 17.6 Å². The highest BCUT2D eigenvalue weighted by atomic mass is 35.5. The predicted octanol–water partition coefficient (Wildman–Crippen LogP) is 4.12. The van der Waals surface area contributed by atoms with Gasteiger partial charge >= 0.3 is 0 Å². The Bertz CT molecular complexity index is 1120. The van der Waals surface area contributed by atoms with Crippen molar-refractivity contribution in [2.24, 2.45) is 0 Å². The van der Waals surface area contributed by atoms with Crippen molar-refractivity contribution in [2.45, 2.75) is 30.2 Å². The maximum atomic E-state index is 15.0. The van der Waals surface area contributed by atoms with E-state index in [0.29, 0.717) is 6.42 Å². The van der Waals surface area contributed by atoms with Crippen molar-refractivity contribution in [2.75, 3.05) is 36.3 Å². The third-order valence-electron chi connectivity index (χ3n) is 5.45. The fraction of sp³-hybridized carbons (Fsp3) is 0.421. The van der Waals surface area contributed by atoms with Crippen molar-refractivity contribution in [1.29, 1.82) is 0 Å². The largest absolute Gasteiger partial charge is 0.368 e. The van der Waals surface area contributed by atoms with Crippen LogP contribution in [0.25, 0.3) is 0 Å². The Balaban J connectivity index is 1.91. The first-order valence-corrected chi connectivity index (χ1v) is 11.3. The zero-order valence-corrected chi connectivity index (χ0v) is 18.6. The molecule has 0 saturated carbocycles. The summed E-state index contributed by atoms with van der Waals surface area (Å²) in [5.41, 5.74) is -0.805. The van der Waals surface area contributed by atoms with Gasteiger partial charge in [-0.05, 0) is 32.5 Å². The van der Waals surface area contributed by atoms with Gasteiger partial charge in [-0.3, -0.25) is 9.62 Å². The summed E-state index contributed by atoms with van der Waals surface area (Å²) in [6.07, 6.45) is -2.13. The third-order valence-corrected chi connectivity index (χ3v) is 7.20. The van der Waals surface area contributed by atoms with Crippen LogP contribution < -0.4 is 9.62 Å². The molecule has 13 heteroatoms. The molecule has 1 unspecified atom stereocenters. The molecule has 2 heterocycles. The van der Waals surface area contributed by atoms with Gasteiger partial charge in [0.15, 0.2) is 10.7 Å². The second-order valence-corrected chi connectivity index (χ2v) is 9.72. The molecule has 6 nitrogen and oxygen atoms in total. The van der Waals surface area contributed by atoms with E-state index in [2.05, 4.69) is 4.98 Å². The SMILES string of the molecule is CN(CC(F)F)C1(C)CCN(c2cc(F)c(S(=O)(=O)Nc3cccc(F)n3)c(F)c2Cl)C1. The smallest absolute Gasteiger partial charge is 0.268 e. The summed E-state index contributed by atoms with van der Waals surface area (Å²) >= 11 is 6.06. The lowest BCUT2D eigenvalue weighted by molar-refractivity contribution is 0.0533. The molecule has 1 aromatic heterocycles. The van der Waals surface area contributed by atoms with Crippen LogP contribution in [0.2, 0.25) is 5.02 Å². The number of pyridine rings is 1. The lowest BCUT2D eigenvalue weighted by atomic mass is 10.00. The monoisotopic (exact) mass is 498 g/mol. The van der Waals surface area contributed by atoms with Gasteiger partial charge in [0.2, 0.25) is 5.95 Å². The highest BCUT2D eigenvalue weighted by Crippen LogP contribution is 2.39. The number of nitrogens with zero attached hydrogens (tertiary/aromatic N) is 3. The number of alkyl halides is 2. The Morgan fingerprint density at radius 2 is 2.00 bits per heavy atom. The van der Waals surface area contributed by atoms with Crippen molar-refractivity contribution in [1.82, 2.24) is 9.88 Å². The van der Waals surface area contributed by atoms with Crippen molar-refractivity contribution in [3.8, 4) is 0 Å². The average Bonchev–Trinajstić information content (AvgIpc) is 3.07. The van der Waals surface area contributed by atoms with E-state index >= 15 is 0 Å². The number of hydrogen-bond donors (Lipinski definition) is 1. The van der Waals surface area contributed by atoms with Gasteiger partial charge in [-0.1, -0.05) is 17.7 Å². The summed E-state index contributed by atoms with van der Waals surface area (Å²) < 4.78 is 95.4. The number of aromatic nitrogens is 1. The van der Waals surface area contributed by atoms with E-state index in [0.717, 1.165) is 18.2 Å². The molecule has 0 radical (unpaired) electrons. The normalized spacial score (nSPS) is 19.2. The molecule has 2 aromatic rings. The van der Waals surface area contributed by atoms with Gasteiger partial charge in [0.05, 0.1) is 12.2 Å². The van der Waals surface area contributed by atoms with Gasteiger partial charge in [-0.15, -0.1) is 0 Å². The quantitative estimate of drug-likeness (QED) is 0.353. The lowest BCUT2D eigenvalue weighted by Gasteiger charge is -2.35. The molecule has 0 aliphatic carbocycles. The predicted molar refractivity (Wildman–Crippen MR) is 110 cm³/mol. The summed E-state index contributed by atoms with van der Waals surface area (Å²) in [7, 11) is -3.30. The molecule has 0 spiro atoms. The van der Waals surface area contributed by atoms with Gasteiger partial charge in [0.1, 0.15) is 16.7 Å². The fourth-order valence-electron chi connectivity index (χ4n) is 3.59. The molecule has 1 atom stereocenters. The molecule has 0 amide bonds. The van der Waals surface area contributed by atoms with Crippen molar-refractivity contribution in [3.63, 3.8) is 0 Å². The van der Waals surface area contributed by atoms with Crippen molar-refractivity contribution in [3.05, 3.63) is 46.9 Å². The molecule has 1 N–H and O–H groups in total. The summed E-state index contributed by atoms with van der Waals surface area (Å²) in [5, 5.41) is -0.639. The average molecular weight is 499 g/mol. The fourth-order valence-corrected chi connectivity index (χ4v) is 5.06. The van der Waals surface area contributed by atoms with Crippen LogP contribution >= 0.6 is 11.6 Å². The van der Waals surface area contributed by atoms with Gasteiger partial charge in [0.25, 0.3) is 16.4 Å². The van der Waals surface area contributed by atoms with Gasteiger partial charge in [-0.2, -0.15) is 4.39 Å². The number of hydrogen-bond acceptors (Lipinski definition) is 5. The van der Waals surface area contributed by atoms with E-state index in [9.17, 15) is 30.4 Å². The van der Waals surface area contributed by atoms with Gasteiger partial charge < -0.3 is 4.90 Å². The molecule has 1 saturated heterocycles. The van der Waals surface area contributed by atoms with Crippen LogP contribution in [0.3, 0.4) is 0 Å². The standard InChI is InChI=1S/C19H20ClF5N4O2S/c1-19(28(2)9-13(22)23)6-7-29(10-19)12-8-11(21)18(17(25)16(12)20)32(30,31)27-15-5-3-4-14(24)26-15/h3-5,8,13H,6-7,9-10H2,1-2H3,(H,26,27). The Morgan fingerprint density at radius 3 is 2.62 bits per heavy atom. The molecular formula is C19H20ClF5N4O2S. The van der Waals surface area contributed by atoms with Crippen LogP contribution in [-0.4, -0.2) is 56.9 Å². The molecule has 1 aliphatic rings. The van der Waals surface area contributed by atoms with E-state index in [1.165, 1.54) is 22.9 Å². The van der Waals surface area contributed by atoms with E-state index in [1.54, 1.807) is 6.92 Å². The summed E-state index contributed by atoms with van der Waals surface area (Å²) in [6.45, 7) is 1.68. The number of benzene rings is 1. The highest BCUT2D eigenvalue weighted by Gasteiger charge is 2.40. The Morgan fingerprint density at radius 1 is 1.31 bits per heavy atom. The molecule has 1 fully saturated rings. The van der Waals surface area contributed by atoms with Gasteiger partial charge in [0, 0.05) is 24.7 Å². The highest BCUT2D eigenvalue weighted by molar-refractivity contribution is 7.92. The number of sulfonamides is 1. The van der Waals surface area contributed by atoms with Crippen LogP contribution in [0.15, 0.2) is 29.2 Å². The molecular weight excluding hydrogens is 479 g/mol. The maximum absolute atomic E-state index is 15.0. The Kier molecular flexibility index (Phi) is 6.87. The first-order valence-electron chi connectivity index (χ1n) is 9.41. The Labute approximate surface area is 187 Å². The second-order valence-electron chi connectivity index (χ2n) is 7.73. The Hall–Kier alpha value is -2.18. The third kappa shape index (κ3) is 4.91. The number of likely N-dealkylation sites (N-methyl/N-ethyl adjacent to an activating group) is 1.